The zero-order valence-electron chi connectivity index (χ0n) is 11.1. The van der Waals surface area contributed by atoms with Gasteiger partial charge in [-0.05, 0) is 31.9 Å². The molecule has 1 heterocycles. The van der Waals surface area contributed by atoms with Crippen LogP contribution in [0.25, 0.3) is 10.1 Å². The maximum absolute atomic E-state index is 13.4. The van der Waals surface area contributed by atoms with E-state index in [2.05, 4.69) is 0 Å². The van der Waals surface area contributed by atoms with Gasteiger partial charge in [0.15, 0.2) is 9.58 Å². The average Bonchev–Trinajstić information content (AvgIpc) is 2.92. The number of hydrogen-bond donors (Lipinski definition) is 0. The van der Waals surface area contributed by atoms with E-state index in [0.29, 0.717) is 9.58 Å². The van der Waals surface area contributed by atoms with Crippen LogP contribution in [-0.4, -0.2) is 0 Å². The van der Waals surface area contributed by atoms with Crippen LogP contribution in [-0.2, 0) is 5.51 Å². The first kappa shape index (κ1) is 15.8. The first-order chi connectivity index (χ1) is 8.97. The van der Waals surface area contributed by atoms with E-state index < -0.39 is 16.0 Å². The molecule has 0 nitrogen and oxygen atoms in total. The van der Waals surface area contributed by atoms with E-state index in [1.54, 1.807) is 12.1 Å². The summed E-state index contributed by atoms with van der Waals surface area (Å²) in [6.45, 7) is 1.92. The third-order valence-electron chi connectivity index (χ3n) is 3.91. The fraction of sp³-hybridized carbons (Fsp3) is 0.467. The molecule has 1 unspecified atom stereocenters. The van der Waals surface area contributed by atoms with Crippen LogP contribution in [0.3, 0.4) is 0 Å². The summed E-state index contributed by atoms with van der Waals surface area (Å²) in [4.78, 5) is 0.630. The Morgan fingerprint density at radius 3 is 2.35 bits per heavy atom. The number of benzene rings is 1. The van der Waals surface area contributed by atoms with Crippen LogP contribution in [0.5, 0.6) is 0 Å². The Kier molecular flexibility index (Phi) is 4.50. The molecule has 0 saturated heterocycles. The normalized spacial score (nSPS) is 17.5. The molecule has 0 bridgehead atoms. The lowest BCUT2D eigenvalue weighted by Crippen LogP contribution is -3.00. The Hall–Kier alpha value is -0.550. The van der Waals surface area contributed by atoms with Crippen LogP contribution in [0.15, 0.2) is 24.3 Å². The van der Waals surface area contributed by atoms with Gasteiger partial charge in [-0.25, -0.2) is 0 Å². The Labute approximate surface area is 129 Å². The summed E-state index contributed by atoms with van der Waals surface area (Å²) in [5.74, 6) is 0.137. The van der Waals surface area contributed by atoms with E-state index in [1.807, 2.05) is 19.1 Å². The van der Waals surface area contributed by atoms with Crippen molar-refractivity contribution in [3.63, 3.8) is 0 Å². The Morgan fingerprint density at radius 1 is 1.10 bits per heavy atom. The van der Waals surface area contributed by atoms with Gasteiger partial charge in [0.2, 0.25) is 0 Å². The molecule has 3 rings (SSSR count). The second kappa shape index (κ2) is 5.68. The van der Waals surface area contributed by atoms with Crippen molar-refractivity contribution in [2.24, 2.45) is 0 Å². The molecule has 0 radical (unpaired) electrons. The molecule has 1 aromatic carbocycles. The molecule has 1 aromatic heterocycles. The SMILES string of the molecule is Cc1ccc2c(c1)cc(C1CCCC1)[s+]2C(F)(F)F.[Br-]. The van der Waals surface area contributed by atoms with Crippen LogP contribution < -0.4 is 17.0 Å². The lowest BCUT2D eigenvalue weighted by molar-refractivity contribution is -0.0868. The number of aryl methyl sites for hydroxylation is 1. The van der Waals surface area contributed by atoms with Gasteiger partial charge in [0.05, 0.1) is 10.5 Å². The molecule has 1 aliphatic rings. The molecule has 2 aromatic rings. The van der Waals surface area contributed by atoms with Crippen molar-refractivity contribution >= 4 is 20.6 Å². The standard InChI is InChI=1S/C15H16F3S.BrH/c1-10-6-7-13-12(8-10)9-14(11-4-2-3-5-11)19(13)15(16,17)18;/h6-9,11H,2-5H2,1H3;1H/q+1;/p-1. The van der Waals surface area contributed by atoms with Crippen molar-refractivity contribution in [1.29, 1.82) is 0 Å². The second-order valence-corrected chi connectivity index (χ2v) is 7.31. The summed E-state index contributed by atoms with van der Waals surface area (Å²) >= 11 is 0. The first-order valence-corrected chi connectivity index (χ1v) is 7.82. The molecule has 1 aliphatic carbocycles. The molecule has 1 fully saturated rings. The maximum atomic E-state index is 13.4. The van der Waals surface area contributed by atoms with Crippen LogP contribution in [0.1, 0.15) is 42.0 Å². The minimum absolute atomic E-state index is 0. The summed E-state index contributed by atoms with van der Waals surface area (Å²) < 4.78 is 40.7. The molecule has 1 atom stereocenters. The van der Waals surface area contributed by atoms with Crippen molar-refractivity contribution in [3.05, 3.63) is 34.7 Å². The fourth-order valence-electron chi connectivity index (χ4n) is 3.06. The van der Waals surface area contributed by atoms with Gasteiger partial charge in [-0.1, -0.05) is 24.5 Å². The highest BCUT2D eigenvalue weighted by atomic mass is 79.9. The third kappa shape index (κ3) is 2.75. The Bertz CT molecular complexity index is 609. The molecular formula is C15H16BrF3S. The third-order valence-corrected chi connectivity index (χ3v) is 6.10. The van der Waals surface area contributed by atoms with Gasteiger partial charge in [0.1, 0.15) is 0 Å². The maximum Gasteiger partial charge on any atom is 0.600 e. The molecule has 5 heteroatoms. The van der Waals surface area contributed by atoms with E-state index in [4.69, 9.17) is 0 Å². The van der Waals surface area contributed by atoms with Crippen molar-refractivity contribution in [1.82, 2.24) is 0 Å². The highest BCUT2D eigenvalue weighted by Gasteiger charge is 2.49. The van der Waals surface area contributed by atoms with Gasteiger partial charge in [0, 0.05) is 17.4 Å². The van der Waals surface area contributed by atoms with Crippen molar-refractivity contribution in [3.8, 4) is 0 Å². The van der Waals surface area contributed by atoms with E-state index >= 15 is 0 Å². The van der Waals surface area contributed by atoms with Crippen LogP contribution in [0, 0.1) is 6.92 Å². The summed E-state index contributed by atoms with van der Waals surface area (Å²) in [5.41, 5.74) is -3.12. The number of fused-ring (bicyclic) bond motifs is 1. The molecule has 0 N–H and O–H groups in total. The summed E-state index contributed by atoms with van der Waals surface area (Å²) in [5, 5.41) is 0.780. The molecule has 110 valence electrons. The highest BCUT2D eigenvalue weighted by Crippen LogP contribution is 2.55. The molecule has 1 saturated carbocycles. The van der Waals surface area contributed by atoms with E-state index in [-0.39, 0.29) is 22.9 Å². The molecule has 0 amide bonds. The van der Waals surface area contributed by atoms with Crippen LogP contribution in [0.2, 0.25) is 0 Å². The van der Waals surface area contributed by atoms with Crippen molar-refractivity contribution in [2.75, 3.05) is 0 Å². The predicted molar refractivity (Wildman–Crippen MR) is 73.7 cm³/mol. The van der Waals surface area contributed by atoms with Gasteiger partial charge in [0.25, 0.3) is 0 Å². The monoisotopic (exact) mass is 364 g/mol. The highest BCUT2D eigenvalue weighted by molar-refractivity contribution is 7.38. The summed E-state index contributed by atoms with van der Waals surface area (Å²) in [7, 11) is -1.69. The minimum Gasteiger partial charge on any atom is -1.00 e. The molecule has 0 spiro atoms. The number of alkyl halides is 3. The smallest absolute Gasteiger partial charge is 0.600 e. The second-order valence-electron chi connectivity index (χ2n) is 5.32. The van der Waals surface area contributed by atoms with Crippen LogP contribution in [0.4, 0.5) is 13.2 Å². The van der Waals surface area contributed by atoms with Gasteiger partial charge in [-0.2, -0.15) is 0 Å². The van der Waals surface area contributed by atoms with Gasteiger partial charge in [-0.3, -0.25) is 0 Å². The Balaban J connectivity index is 0.00000147. The van der Waals surface area contributed by atoms with E-state index in [0.717, 1.165) is 36.6 Å². The summed E-state index contributed by atoms with van der Waals surface area (Å²) in [6.07, 6.45) is 3.95. The number of halogens is 4. The number of thiophene rings is 1. The topological polar surface area (TPSA) is 0 Å². The molecule has 20 heavy (non-hydrogen) atoms. The van der Waals surface area contributed by atoms with E-state index in [9.17, 15) is 13.2 Å². The minimum atomic E-state index is -4.14. The lowest BCUT2D eigenvalue weighted by atomic mass is 10.1. The first-order valence-electron chi connectivity index (χ1n) is 6.60. The fourth-order valence-corrected chi connectivity index (χ4v) is 5.20. The zero-order chi connectivity index (χ0) is 13.6. The quantitative estimate of drug-likeness (QED) is 0.682. The van der Waals surface area contributed by atoms with Gasteiger partial charge < -0.3 is 17.0 Å². The summed E-state index contributed by atoms with van der Waals surface area (Å²) in [6, 6.07) is 7.15. The van der Waals surface area contributed by atoms with E-state index in [1.165, 1.54) is 0 Å². The molecular weight excluding hydrogens is 349 g/mol. The van der Waals surface area contributed by atoms with Crippen LogP contribution >= 0.6 is 10.5 Å². The number of rotatable bonds is 1. The average molecular weight is 365 g/mol. The number of hydrogen-bond acceptors (Lipinski definition) is 0. The largest absolute Gasteiger partial charge is 1.00 e. The molecule has 0 aliphatic heterocycles. The van der Waals surface area contributed by atoms with Crippen molar-refractivity contribution in [2.45, 2.75) is 44.0 Å². The van der Waals surface area contributed by atoms with Gasteiger partial charge >= 0.3 is 5.51 Å². The zero-order valence-corrected chi connectivity index (χ0v) is 13.5. The van der Waals surface area contributed by atoms with Gasteiger partial charge in [-0.15, -0.1) is 13.2 Å². The predicted octanol–water partition coefficient (Wildman–Crippen LogP) is 3.04. The Morgan fingerprint density at radius 2 is 1.75 bits per heavy atom. The van der Waals surface area contributed by atoms with Crippen molar-refractivity contribution < 1.29 is 30.2 Å². The lowest BCUT2D eigenvalue weighted by Gasteiger charge is -2.05.